The zero-order chi connectivity index (χ0) is 12.3. The fourth-order valence-electron chi connectivity index (χ4n) is 2.33. The first kappa shape index (κ1) is 12.4. The van der Waals surface area contributed by atoms with Crippen LogP contribution in [-0.4, -0.2) is 16.0 Å². The van der Waals surface area contributed by atoms with E-state index in [0.29, 0.717) is 22.5 Å². The number of hydrogen-bond acceptors (Lipinski definition) is 2. The Kier molecular flexibility index (Phi) is 4.05. The van der Waals surface area contributed by atoms with Gasteiger partial charge in [-0.3, -0.25) is 0 Å². The maximum absolute atomic E-state index is 13.0. The molecule has 1 heterocycles. The smallest absolute Gasteiger partial charge is 0.213 e. The molecular formula is C13H17FN2S. The van der Waals surface area contributed by atoms with E-state index in [-0.39, 0.29) is 0 Å². The van der Waals surface area contributed by atoms with Crippen LogP contribution in [-0.2, 0) is 0 Å². The van der Waals surface area contributed by atoms with E-state index >= 15 is 0 Å². The number of rotatable bonds is 2. The van der Waals surface area contributed by atoms with Crippen LogP contribution in [0, 0.1) is 11.9 Å². The van der Waals surface area contributed by atoms with Crippen molar-refractivity contribution in [2.24, 2.45) is 5.92 Å². The number of halogens is 1. The third-order valence-electron chi connectivity index (χ3n) is 3.42. The van der Waals surface area contributed by atoms with Gasteiger partial charge in [0.05, 0.1) is 0 Å². The summed E-state index contributed by atoms with van der Waals surface area (Å²) in [6.45, 7) is 2.24. The lowest BCUT2D eigenvalue weighted by Gasteiger charge is -2.30. The van der Waals surface area contributed by atoms with E-state index in [1.165, 1.54) is 31.5 Å². The third-order valence-corrected chi connectivity index (χ3v) is 3.77. The number of aromatic nitrogens is 1. The second kappa shape index (κ2) is 5.54. The highest BCUT2D eigenvalue weighted by molar-refractivity contribution is 7.80. The lowest BCUT2D eigenvalue weighted by atomic mass is 9.86. The molecule has 0 spiro atoms. The molecule has 1 aliphatic carbocycles. The zero-order valence-electron chi connectivity index (χ0n) is 9.95. The van der Waals surface area contributed by atoms with Crippen LogP contribution in [0.4, 0.5) is 4.39 Å². The lowest BCUT2D eigenvalue weighted by Crippen LogP contribution is -2.40. The molecule has 92 valence electrons. The summed E-state index contributed by atoms with van der Waals surface area (Å²) in [5.41, 5.74) is 0.713. The largest absolute Gasteiger partial charge is 0.373 e. The molecule has 0 amide bonds. The topological polar surface area (TPSA) is 24.9 Å². The summed E-state index contributed by atoms with van der Waals surface area (Å²) in [4.78, 5) is 4.16. The Morgan fingerprint density at radius 2 is 2.24 bits per heavy atom. The van der Waals surface area contributed by atoms with Gasteiger partial charge in [-0.15, -0.1) is 0 Å². The zero-order valence-corrected chi connectivity index (χ0v) is 10.8. The number of nitrogens with zero attached hydrogens (tertiary/aromatic N) is 1. The van der Waals surface area contributed by atoms with Gasteiger partial charge in [0.1, 0.15) is 4.99 Å². The highest BCUT2D eigenvalue weighted by atomic mass is 32.1. The third kappa shape index (κ3) is 3.22. The minimum atomic E-state index is -0.483. The predicted octanol–water partition coefficient (Wildman–Crippen LogP) is 3.06. The van der Waals surface area contributed by atoms with Crippen molar-refractivity contribution in [3.8, 4) is 0 Å². The second-order valence-electron chi connectivity index (χ2n) is 4.71. The lowest BCUT2D eigenvalue weighted by molar-refractivity contribution is 0.310. The fourth-order valence-corrected chi connectivity index (χ4v) is 2.60. The summed E-state index contributed by atoms with van der Waals surface area (Å²) in [7, 11) is 0. The molecule has 2 rings (SSSR count). The van der Waals surface area contributed by atoms with Crippen LogP contribution in [0.1, 0.15) is 38.2 Å². The van der Waals surface area contributed by atoms with Gasteiger partial charge in [-0.05, 0) is 24.8 Å². The molecule has 0 aliphatic heterocycles. The molecule has 2 unspecified atom stereocenters. The molecule has 4 heteroatoms. The molecule has 17 heavy (non-hydrogen) atoms. The van der Waals surface area contributed by atoms with E-state index in [1.807, 2.05) is 0 Å². The molecular weight excluding hydrogens is 235 g/mol. The number of thiocarbonyl (C=S) groups is 1. The van der Waals surface area contributed by atoms with Crippen LogP contribution in [0.25, 0.3) is 0 Å². The minimum absolute atomic E-state index is 0.424. The van der Waals surface area contributed by atoms with Gasteiger partial charge in [0, 0.05) is 23.9 Å². The maximum Gasteiger partial charge on any atom is 0.213 e. The Morgan fingerprint density at radius 3 is 2.94 bits per heavy atom. The van der Waals surface area contributed by atoms with Gasteiger partial charge in [0.2, 0.25) is 5.95 Å². The molecule has 1 aliphatic rings. The summed E-state index contributed by atoms with van der Waals surface area (Å²) in [6, 6.07) is 3.54. The quantitative estimate of drug-likeness (QED) is 0.647. The van der Waals surface area contributed by atoms with Crippen molar-refractivity contribution >= 4 is 17.2 Å². The van der Waals surface area contributed by atoms with Gasteiger partial charge < -0.3 is 5.32 Å². The Morgan fingerprint density at radius 1 is 1.47 bits per heavy atom. The van der Waals surface area contributed by atoms with Crippen LogP contribution >= 0.6 is 12.2 Å². The Balaban J connectivity index is 2.01. The van der Waals surface area contributed by atoms with Crippen molar-refractivity contribution in [3.05, 3.63) is 29.8 Å². The normalized spacial score (nSPS) is 24.4. The van der Waals surface area contributed by atoms with Crippen molar-refractivity contribution in [2.45, 2.75) is 38.6 Å². The Hall–Kier alpha value is -1.03. The van der Waals surface area contributed by atoms with E-state index in [4.69, 9.17) is 12.2 Å². The molecule has 0 radical (unpaired) electrons. The van der Waals surface area contributed by atoms with Gasteiger partial charge in [-0.2, -0.15) is 4.39 Å². The SMILES string of the molecule is CC1CCCCC1NC(=S)c1ccnc(F)c1. The van der Waals surface area contributed by atoms with Crippen LogP contribution in [0.3, 0.4) is 0 Å². The fraction of sp³-hybridized carbons (Fsp3) is 0.538. The Labute approximate surface area is 107 Å². The minimum Gasteiger partial charge on any atom is -0.373 e. The van der Waals surface area contributed by atoms with E-state index < -0.39 is 5.95 Å². The predicted molar refractivity (Wildman–Crippen MR) is 70.5 cm³/mol. The number of pyridine rings is 1. The molecule has 0 aromatic carbocycles. The van der Waals surface area contributed by atoms with Gasteiger partial charge >= 0.3 is 0 Å². The van der Waals surface area contributed by atoms with Crippen molar-refractivity contribution in [2.75, 3.05) is 0 Å². The van der Waals surface area contributed by atoms with Gasteiger partial charge in [-0.25, -0.2) is 4.98 Å². The summed E-state index contributed by atoms with van der Waals surface area (Å²) in [5, 5.41) is 3.35. The molecule has 1 aromatic rings. The second-order valence-corrected chi connectivity index (χ2v) is 5.12. The van der Waals surface area contributed by atoms with E-state index in [1.54, 1.807) is 6.07 Å². The molecule has 1 saturated carbocycles. The molecule has 1 N–H and O–H groups in total. The van der Waals surface area contributed by atoms with E-state index in [0.717, 1.165) is 6.42 Å². The average Bonchev–Trinajstić information content (AvgIpc) is 2.32. The average molecular weight is 252 g/mol. The first-order valence-corrected chi connectivity index (χ1v) is 6.50. The molecule has 2 nitrogen and oxygen atoms in total. The van der Waals surface area contributed by atoms with Crippen molar-refractivity contribution in [3.63, 3.8) is 0 Å². The highest BCUT2D eigenvalue weighted by Gasteiger charge is 2.21. The molecule has 1 aromatic heterocycles. The van der Waals surface area contributed by atoms with Crippen LogP contribution in [0.5, 0.6) is 0 Å². The van der Waals surface area contributed by atoms with Crippen molar-refractivity contribution in [1.29, 1.82) is 0 Å². The first-order valence-electron chi connectivity index (χ1n) is 6.09. The van der Waals surface area contributed by atoms with Gasteiger partial charge in [0.25, 0.3) is 0 Å². The van der Waals surface area contributed by atoms with Crippen LogP contribution in [0.15, 0.2) is 18.3 Å². The van der Waals surface area contributed by atoms with E-state index in [9.17, 15) is 4.39 Å². The summed E-state index contributed by atoms with van der Waals surface area (Å²) in [5.74, 6) is 0.150. The first-order chi connectivity index (χ1) is 8.16. The standard InChI is InChI=1S/C13H17FN2S/c1-9-4-2-3-5-11(9)16-13(17)10-6-7-15-12(14)8-10/h6-9,11H,2-5H2,1H3,(H,16,17). The van der Waals surface area contributed by atoms with Crippen LogP contribution < -0.4 is 5.32 Å². The summed E-state index contributed by atoms with van der Waals surface area (Å²) < 4.78 is 13.0. The van der Waals surface area contributed by atoms with Gasteiger partial charge in [-0.1, -0.05) is 32.0 Å². The van der Waals surface area contributed by atoms with Gasteiger partial charge in [0.15, 0.2) is 0 Å². The summed E-state index contributed by atoms with van der Waals surface area (Å²) >= 11 is 5.31. The molecule has 0 bridgehead atoms. The monoisotopic (exact) mass is 252 g/mol. The molecule has 1 fully saturated rings. The molecule has 0 saturated heterocycles. The number of nitrogens with one attached hydrogen (secondary N) is 1. The highest BCUT2D eigenvalue weighted by Crippen LogP contribution is 2.24. The molecule has 2 atom stereocenters. The number of hydrogen-bond donors (Lipinski definition) is 1. The maximum atomic E-state index is 13.0. The van der Waals surface area contributed by atoms with E-state index in [2.05, 4.69) is 17.2 Å². The Bertz CT molecular complexity index is 408. The summed E-state index contributed by atoms with van der Waals surface area (Å²) in [6.07, 6.45) is 6.38. The van der Waals surface area contributed by atoms with Crippen LogP contribution in [0.2, 0.25) is 0 Å². The van der Waals surface area contributed by atoms with Crippen molar-refractivity contribution < 1.29 is 4.39 Å². The van der Waals surface area contributed by atoms with Crippen molar-refractivity contribution in [1.82, 2.24) is 10.3 Å².